The van der Waals surface area contributed by atoms with E-state index in [2.05, 4.69) is 23.0 Å². The number of nitrogens with zero attached hydrogens (tertiary/aromatic N) is 3. The van der Waals surface area contributed by atoms with Crippen LogP contribution in [0.4, 0.5) is 5.69 Å². The number of anilines is 1. The number of para-hydroxylation sites is 2. The van der Waals surface area contributed by atoms with Crippen LogP contribution >= 0.6 is 11.3 Å². The number of hydroxylamine groups is 2. The zero-order valence-corrected chi connectivity index (χ0v) is 17.4. The summed E-state index contributed by atoms with van der Waals surface area (Å²) in [5, 5.41) is 19.2. The minimum Gasteiger partial charge on any atom is -0.495 e. The van der Waals surface area contributed by atoms with Crippen molar-refractivity contribution in [1.82, 2.24) is 5.06 Å². The molecule has 1 unspecified atom stereocenters. The molecule has 28 heavy (non-hydrogen) atoms. The number of hydrogen-bond donors (Lipinski definition) is 1. The number of rotatable bonds is 9. The number of piperazine rings is 1. The normalized spacial score (nSPS) is 16.9. The molecule has 1 aromatic heterocycles. The molecule has 1 aromatic carbocycles. The molecule has 0 amide bonds. The highest BCUT2D eigenvalue weighted by molar-refractivity contribution is 7.08. The molecule has 3 rings (SSSR count). The van der Waals surface area contributed by atoms with E-state index < -0.39 is 0 Å². The van der Waals surface area contributed by atoms with Crippen LogP contribution in [0.3, 0.4) is 0 Å². The van der Waals surface area contributed by atoms with Gasteiger partial charge in [0.2, 0.25) is 0 Å². The van der Waals surface area contributed by atoms with E-state index in [1.54, 1.807) is 18.4 Å². The summed E-state index contributed by atoms with van der Waals surface area (Å²) in [5.41, 5.74) is 2.83. The lowest BCUT2D eigenvalue weighted by Crippen LogP contribution is -2.47. The molecule has 1 atom stereocenters. The standard InChI is InChI=1S/C21H29N3O3S/c1-3-6-17(21(22-25)18-9-14-28-16-18)15-27-24-12-10-23(11-13-24)19-7-4-5-8-20(19)26-2/h4-5,7-9,14,16-17,25H,3,6,10-13,15H2,1-2H3. The quantitative estimate of drug-likeness (QED) is 0.388. The Morgan fingerprint density at radius 2 is 2.00 bits per heavy atom. The Hall–Kier alpha value is -2.09. The van der Waals surface area contributed by atoms with Crippen molar-refractivity contribution in [3.63, 3.8) is 0 Å². The second-order valence-corrected chi connectivity index (χ2v) is 7.65. The average molecular weight is 404 g/mol. The Labute approximate surface area is 170 Å². The fourth-order valence-electron chi connectivity index (χ4n) is 3.58. The van der Waals surface area contributed by atoms with Crippen molar-refractivity contribution in [2.45, 2.75) is 19.8 Å². The fourth-order valence-corrected chi connectivity index (χ4v) is 4.23. The summed E-state index contributed by atoms with van der Waals surface area (Å²) < 4.78 is 5.48. The first-order valence-corrected chi connectivity index (χ1v) is 10.7. The minimum absolute atomic E-state index is 0.0804. The van der Waals surface area contributed by atoms with Gasteiger partial charge in [-0.25, -0.2) is 0 Å². The molecule has 152 valence electrons. The maximum absolute atomic E-state index is 9.55. The lowest BCUT2D eigenvalue weighted by atomic mass is 9.95. The van der Waals surface area contributed by atoms with E-state index in [0.717, 1.165) is 61.7 Å². The van der Waals surface area contributed by atoms with Crippen LogP contribution < -0.4 is 9.64 Å². The zero-order valence-electron chi connectivity index (χ0n) is 16.6. The molecule has 1 aliphatic heterocycles. The summed E-state index contributed by atoms with van der Waals surface area (Å²) >= 11 is 1.61. The summed E-state index contributed by atoms with van der Waals surface area (Å²) in [4.78, 5) is 8.43. The molecule has 2 heterocycles. The SMILES string of the molecule is CCCC(CON1CCN(c2ccccc2OC)CC1)C(=NO)c1ccsc1. The Balaban J connectivity index is 1.55. The highest BCUT2D eigenvalue weighted by Crippen LogP contribution is 2.28. The first kappa shape index (κ1) is 20.6. The van der Waals surface area contributed by atoms with Crippen molar-refractivity contribution in [3.05, 3.63) is 46.7 Å². The molecule has 0 radical (unpaired) electrons. The second kappa shape index (κ2) is 10.5. The Bertz CT molecular complexity index is 743. The van der Waals surface area contributed by atoms with Gasteiger partial charge in [-0.15, -0.1) is 0 Å². The van der Waals surface area contributed by atoms with Crippen LogP contribution in [0.25, 0.3) is 0 Å². The van der Waals surface area contributed by atoms with Gasteiger partial charge in [0.25, 0.3) is 0 Å². The smallest absolute Gasteiger partial charge is 0.142 e. The third kappa shape index (κ3) is 5.04. The van der Waals surface area contributed by atoms with Crippen LogP contribution in [-0.4, -0.2) is 55.9 Å². The van der Waals surface area contributed by atoms with Crippen molar-refractivity contribution in [2.24, 2.45) is 11.1 Å². The predicted octanol–water partition coefficient (Wildman–Crippen LogP) is 4.11. The number of ether oxygens (including phenoxy) is 1. The van der Waals surface area contributed by atoms with Gasteiger partial charge in [0.05, 0.1) is 25.1 Å². The summed E-state index contributed by atoms with van der Waals surface area (Å²) in [6.07, 6.45) is 1.94. The molecule has 0 bridgehead atoms. The molecule has 7 heteroatoms. The zero-order chi connectivity index (χ0) is 19.8. The monoisotopic (exact) mass is 403 g/mol. The molecule has 1 fully saturated rings. The van der Waals surface area contributed by atoms with Crippen molar-refractivity contribution in [3.8, 4) is 5.75 Å². The van der Waals surface area contributed by atoms with E-state index in [4.69, 9.17) is 9.57 Å². The van der Waals surface area contributed by atoms with Crippen molar-refractivity contribution in [1.29, 1.82) is 0 Å². The van der Waals surface area contributed by atoms with Gasteiger partial charge in [0.1, 0.15) is 5.75 Å². The topological polar surface area (TPSA) is 57.5 Å². The number of oxime groups is 1. The van der Waals surface area contributed by atoms with Gasteiger partial charge in [-0.1, -0.05) is 30.6 Å². The number of thiophene rings is 1. The number of benzene rings is 1. The predicted molar refractivity (Wildman–Crippen MR) is 114 cm³/mol. The van der Waals surface area contributed by atoms with Crippen LogP contribution in [-0.2, 0) is 4.84 Å². The first-order valence-electron chi connectivity index (χ1n) is 9.77. The molecule has 6 nitrogen and oxygen atoms in total. The third-order valence-corrected chi connectivity index (χ3v) is 5.75. The van der Waals surface area contributed by atoms with Crippen LogP contribution in [0.1, 0.15) is 25.3 Å². The molecular weight excluding hydrogens is 374 g/mol. The largest absolute Gasteiger partial charge is 0.495 e. The number of methoxy groups -OCH3 is 1. The Morgan fingerprint density at radius 1 is 1.21 bits per heavy atom. The van der Waals surface area contributed by atoms with Crippen LogP contribution in [0.5, 0.6) is 5.75 Å². The molecule has 0 spiro atoms. The molecule has 0 saturated carbocycles. The summed E-state index contributed by atoms with van der Waals surface area (Å²) in [6.45, 7) is 6.07. The van der Waals surface area contributed by atoms with Gasteiger partial charge in [-0.3, -0.25) is 4.84 Å². The van der Waals surface area contributed by atoms with Gasteiger partial charge >= 0.3 is 0 Å². The summed E-state index contributed by atoms with van der Waals surface area (Å²) in [5.74, 6) is 0.983. The first-order chi connectivity index (χ1) is 13.8. The molecule has 1 aliphatic rings. The maximum Gasteiger partial charge on any atom is 0.142 e. The van der Waals surface area contributed by atoms with Crippen molar-refractivity contribution >= 4 is 22.7 Å². The van der Waals surface area contributed by atoms with Gasteiger partial charge in [-0.2, -0.15) is 16.4 Å². The molecular formula is C21H29N3O3S. The highest BCUT2D eigenvalue weighted by atomic mass is 32.1. The maximum atomic E-state index is 9.55. The van der Waals surface area contributed by atoms with Crippen molar-refractivity contribution < 1.29 is 14.8 Å². The van der Waals surface area contributed by atoms with E-state index in [1.807, 2.05) is 40.1 Å². The number of hydrogen-bond acceptors (Lipinski definition) is 7. The van der Waals surface area contributed by atoms with Crippen LogP contribution in [0, 0.1) is 5.92 Å². The van der Waals surface area contributed by atoms with E-state index >= 15 is 0 Å². The van der Waals surface area contributed by atoms with Gasteiger partial charge in [-0.05, 0) is 35.4 Å². The Morgan fingerprint density at radius 3 is 2.64 bits per heavy atom. The minimum atomic E-state index is 0.0804. The average Bonchev–Trinajstić information content (AvgIpc) is 3.27. The van der Waals surface area contributed by atoms with Crippen molar-refractivity contribution in [2.75, 3.05) is 44.8 Å². The van der Waals surface area contributed by atoms with Crippen LogP contribution in [0.15, 0.2) is 46.2 Å². The molecule has 1 N–H and O–H groups in total. The summed E-state index contributed by atoms with van der Waals surface area (Å²) in [6, 6.07) is 10.1. The van der Waals surface area contributed by atoms with E-state index in [9.17, 15) is 5.21 Å². The lowest BCUT2D eigenvalue weighted by Gasteiger charge is -2.36. The van der Waals surface area contributed by atoms with Gasteiger partial charge in [0.15, 0.2) is 0 Å². The fraction of sp³-hybridized carbons (Fsp3) is 0.476. The van der Waals surface area contributed by atoms with E-state index in [-0.39, 0.29) is 5.92 Å². The van der Waals surface area contributed by atoms with E-state index in [0.29, 0.717) is 6.61 Å². The van der Waals surface area contributed by atoms with Gasteiger partial charge < -0.3 is 14.8 Å². The highest BCUT2D eigenvalue weighted by Gasteiger charge is 2.23. The lowest BCUT2D eigenvalue weighted by molar-refractivity contribution is -0.167. The van der Waals surface area contributed by atoms with E-state index in [1.165, 1.54) is 0 Å². The molecule has 1 saturated heterocycles. The molecule has 2 aromatic rings. The Kier molecular flexibility index (Phi) is 7.71. The summed E-state index contributed by atoms with van der Waals surface area (Å²) in [7, 11) is 1.71. The second-order valence-electron chi connectivity index (χ2n) is 6.87. The third-order valence-electron chi connectivity index (χ3n) is 5.07. The van der Waals surface area contributed by atoms with Gasteiger partial charge in [0, 0.05) is 37.7 Å². The van der Waals surface area contributed by atoms with Crippen LogP contribution in [0.2, 0.25) is 0 Å². The molecule has 0 aliphatic carbocycles.